The first-order chi connectivity index (χ1) is 20.9. The Balaban J connectivity index is 1.19. The molecule has 1 aliphatic carbocycles. The van der Waals surface area contributed by atoms with E-state index in [4.69, 9.17) is 10.8 Å². The number of hydrogen-bond acceptors (Lipinski definition) is 6. The molecule has 3 aromatic rings. The molecule has 0 bridgehead atoms. The summed E-state index contributed by atoms with van der Waals surface area (Å²) < 4.78 is 31.8. The molecule has 11 nitrogen and oxygen atoms in total. The third-order valence-electron chi connectivity index (χ3n) is 9.05. The fourth-order valence-electron chi connectivity index (χ4n) is 6.35. The lowest BCUT2D eigenvalue weighted by molar-refractivity contribution is 0.0487. The Bertz CT molecular complexity index is 1670. The van der Waals surface area contributed by atoms with Gasteiger partial charge in [0.25, 0.3) is 22.0 Å². The van der Waals surface area contributed by atoms with Crippen LogP contribution in [0.25, 0.3) is 5.69 Å². The SMILES string of the molecule is Cc1nn(-c2ccc(C(N)=O)c(NC3CCN(S(=O)(=O)NCc4ccccc4)CC3)c2)c2c1C(=O)N(CC1CC1)C(C)(C)C2. The molecule has 1 saturated heterocycles. The maximum Gasteiger partial charge on any atom is 0.279 e. The third-order valence-corrected chi connectivity index (χ3v) is 10.6. The van der Waals surface area contributed by atoms with Gasteiger partial charge in [-0.25, -0.2) is 4.68 Å². The second kappa shape index (κ2) is 11.6. The highest BCUT2D eigenvalue weighted by Gasteiger charge is 2.43. The van der Waals surface area contributed by atoms with E-state index >= 15 is 0 Å². The van der Waals surface area contributed by atoms with Crippen molar-refractivity contribution >= 4 is 27.7 Å². The molecule has 6 rings (SSSR count). The summed E-state index contributed by atoms with van der Waals surface area (Å²) in [6.45, 7) is 7.77. The van der Waals surface area contributed by atoms with Gasteiger partial charge in [-0.15, -0.1) is 0 Å². The number of nitrogens with zero attached hydrogens (tertiary/aromatic N) is 4. The first kappa shape index (κ1) is 30.3. The molecule has 4 N–H and O–H groups in total. The average molecular weight is 620 g/mol. The van der Waals surface area contributed by atoms with Crippen molar-refractivity contribution in [2.24, 2.45) is 11.7 Å². The summed E-state index contributed by atoms with van der Waals surface area (Å²) in [6.07, 6.45) is 4.13. The molecule has 44 heavy (non-hydrogen) atoms. The highest BCUT2D eigenvalue weighted by atomic mass is 32.2. The van der Waals surface area contributed by atoms with Crippen LogP contribution in [-0.2, 0) is 23.2 Å². The van der Waals surface area contributed by atoms with Crippen molar-refractivity contribution in [1.29, 1.82) is 0 Å². The topological polar surface area (TPSA) is 143 Å². The first-order valence-electron chi connectivity index (χ1n) is 15.3. The van der Waals surface area contributed by atoms with Crippen molar-refractivity contribution in [2.75, 3.05) is 25.0 Å². The Morgan fingerprint density at radius 2 is 1.77 bits per heavy atom. The average Bonchev–Trinajstić information content (AvgIpc) is 3.76. The van der Waals surface area contributed by atoms with E-state index < -0.39 is 16.1 Å². The van der Waals surface area contributed by atoms with Crippen LogP contribution < -0.4 is 15.8 Å². The number of piperidine rings is 1. The number of aryl methyl sites for hydroxylation is 1. The lowest BCUT2D eigenvalue weighted by Gasteiger charge is -2.42. The number of carbonyl (C=O) groups excluding carboxylic acids is 2. The summed E-state index contributed by atoms with van der Waals surface area (Å²) >= 11 is 0. The maximum absolute atomic E-state index is 13.7. The Labute approximate surface area is 259 Å². The van der Waals surface area contributed by atoms with Crippen LogP contribution in [0.2, 0.25) is 0 Å². The van der Waals surface area contributed by atoms with Gasteiger partial charge in [0, 0.05) is 49.9 Å². The summed E-state index contributed by atoms with van der Waals surface area (Å²) in [5, 5.41) is 8.25. The molecule has 0 unspecified atom stereocenters. The number of nitrogens with one attached hydrogen (secondary N) is 2. The molecule has 2 fully saturated rings. The van der Waals surface area contributed by atoms with Crippen LogP contribution in [0.5, 0.6) is 0 Å². The second-order valence-electron chi connectivity index (χ2n) is 12.9. The van der Waals surface area contributed by atoms with E-state index in [1.807, 2.05) is 52.9 Å². The predicted octanol–water partition coefficient (Wildman–Crippen LogP) is 3.38. The second-order valence-corrected chi connectivity index (χ2v) is 14.6. The number of primary amides is 1. The standard InChI is InChI=1S/C32H41N7O4S/c1-21-29-28(18-32(2,3)38(31(29)41)20-23-9-10-23)39(36-21)25-11-12-26(30(33)40)27(17-25)35-24-13-15-37(16-14-24)44(42,43)34-19-22-7-5-4-6-8-22/h4-8,11-12,17,23-24,34-35H,9-10,13-16,18-20H2,1-3H3,(H2,33,40). The maximum atomic E-state index is 13.7. The van der Waals surface area contributed by atoms with Crippen molar-refractivity contribution in [1.82, 2.24) is 23.7 Å². The molecule has 2 aromatic carbocycles. The Morgan fingerprint density at radius 1 is 1.07 bits per heavy atom. The monoisotopic (exact) mass is 619 g/mol. The van der Waals surface area contributed by atoms with Crippen LogP contribution in [0.1, 0.15) is 77.2 Å². The summed E-state index contributed by atoms with van der Waals surface area (Å²) in [5.74, 6) is 0.0523. The fourth-order valence-corrected chi connectivity index (χ4v) is 7.58. The molecule has 2 aliphatic heterocycles. The van der Waals surface area contributed by atoms with Crippen molar-refractivity contribution < 1.29 is 18.0 Å². The zero-order valence-corrected chi connectivity index (χ0v) is 26.4. The number of amides is 2. The lowest BCUT2D eigenvalue weighted by atomic mass is 9.87. The van der Waals surface area contributed by atoms with Gasteiger partial charge in [-0.2, -0.15) is 22.5 Å². The number of nitrogens with two attached hydrogens (primary N) is 1. The van der Waals surface area contributed by atoms with Crippen molar-refractivity contribution in [2.45, 2.75) is 71.0 Å². The zero-order valence-electron chi connectivity index (χ0n) is 25.5. The van der Waals surface area contributed by atoms with Crippen molar-refractivity contribution in [3.05, 3.63) is 76.6 Å². The van der Waals surface area contributed by atoms with Crippen LogP contribution in [-0.4, -0.2) is 70.4 Å². The van der Waals surface area contributed by atoms with E-state index in [1.54, 1.807) is 12.1 Å². The minimum atomic E-state index is -3.63. The molecule has 2 amide bonds. The Morgan fingerprint density at radius 3 is 2.43 bits per heavy atom. The van der Waals surface area contributed by atoms with E-state index in [0.29, 0.717) is 60.8 Å². The molecular weight excluding hydrogens is 578 g/mol. The van der Waals surface area contributed by atoms with E-state index in [1.165, 1.54) is 17.1 Å². The van der Waals surface area contributed by atoms with E-state index in [0.717, 1.165) is 23.5 Å². The number of anilines is 1. The third kappa shape index (κ3) is 6.11. The summed E-state index contributed by atoms with van der Waals surface area (Å²) in [4.78, 5) is 28.1. The van der Waals surface area contributed by atoms with Gasteiger partial charge in [0.15, 0.2) is 0 Å². The van der Waals surface area contributed by atoms with Crippen LogP contribution in [0.3, 0.4) is 0 Å². The molecule has 0 spiro atoms. The quantitative estimate of drug-likeness (QED) is 0.318. The number of aromatic nitrogens is 2. The van der Waals surface area contributed by atoms with Gasteiger partial charge in [0.2, 0.25) is 0 Å². The number of hydrogen-bond donors (Lipinski definition) is 3. The summed E-state index contributed by atoms with van der Waals surface area (Å²) in [5.41, 5.74) is 10.1. The van der Waals surface area contributed by atoms with Gasteiger partial charge in [-0.3, -0.25) is 9.59 Å². The Hall–Kier alpha value is -3.74. The molecule has 3 aliphatic rings. The van der Waals surface area contributed by atoms with Crippen molar-refractivity contribution in [3.63, 3.8) is 0 Å². The van der Waals surface area contributed by atoms with Gasteiger partial charge >= 0.3 is 0 Å². The van der Waals surface area contributed by atoms with Crippen LogP contribution in [0.4, 0.5) is 5.69 Å². The Kier molecular flexibility index (Phi) is 8.02. The van der Waals surface area contributed by atoms with Gasteiger partial charge < -0.3 is 16.0 Å². The molecule has 12 heteroatoms. The van der Waals surface area contributed by atoms with Gasteiger partial charge in [0.1, 0.15) is 0 Å². The number of rotatable bonds is 10. The van der Waals surface area contributed by atoms with Gasteiger partial charge in [0.05, 0.1) is 28.2 Å². The largest absolute Gasteiger partial charge is 0.382 e. The van der Waals surface area contributed by atoms with Crippen LogP contribution in [0.15, 0.2) is 48.5 Å². The van der Waals surface area contributed by atoms with Crippen LogP contribution >= 0.6 is 0 Å². The molecule has 0 atom stereocenters. The highest BCUT2D eigenvalue weighted by Crippen LogP contribution is 2.38. The lowest BCUT2D eigenvalue weighted by Crippen LogP contribution is -2.53. The zero-order chi connectivity index (χ0) is 31.2. The summed E-state index contributed by atoms with van der Waals surface area (Å²) in [6, 6.07) is 14.7. The normalized spacial score (nSPS) is 19.2. The van der Waals surface area contributed by atoms with Gasteiger partial charge in [-0.1, -0.05) is 30.3 Å². The number of carbonyl (C=O) groups is 2. The van der Waals surface area contributed by atoms with E-state index in [-0.39, 0.29) is 24.0 Å². The smallest absolute Gasteiger partial charge is 0.279 e. The highest BCUT2D eigenvalue weighted by molar-refractivity contribution is 7.87. The minimum absolute atomic E-state index is 0.0268. The fraction of sp³-hybridized carbons (Fsp3) is 0.469. The molecule has 0 radical (unpaired) electrons. The molecule has 1 saturated carbocycles. The number of benzene rings is 2. The molecule has 1 aromatic heterocycles. The van der Waals surface area contributed by atoms with Crippen molar-refractivity contribution in [3.8, 4) is 5.69 Å². The minimum Gasteiger partial charge on any atom is -0.382 e. The first-order valence-corrected chi connectivity index (χ1v) is 16.8. The van der Waals surface area contributed by atoms with Crippen LogP contribution in [0, 0.1) is 12.8 Å². The number of fused-ring (bicyclic) bond motifs is 1. The van der Waals surface area contributed by atoms with Gasteiger partial charge in [-0.05, 0) is 76.1 Å². The molecular formula is C32H41N7O4S. The summed E-state index contributed by atoms with van der Waals surface area (Å²) in [7, 11) is -3.63. The van der Waals surface area contributed by atoms with E-state index in [9.17, 15) is 18.0 Å². The molecule has 3 heterocycles. The van der Waals surface area contributed by atoms with E-state index in [2.05, 4.69) is 23.9 Å². The predicted molar refractivity (Wildman–Crippen MR) is 169 cm³/mol. The molecule has 234 valence electrons.